The maximum Gasteiger partial charge on any atom is 0.514 e. The number of hydrogen-bond donors (Lipinski definition) is 0. The molecule has 1 heterocycles. The number of rotatable bonds is 6. The number of nitrogens with zero attached hydrogens (tertiary/aromatic N) is 3. The topological polar surface area (TPSA) is 85.2 Å². The van der Waals surface area contributed by atoms with Gasteiger partial charge in [0.1, 0.15) is 11.9 Å². The largest absolute Gasteiger partial charge is 0.514 e. The minimum atomic E-state index is -4.40. The molecule has 11 heteroatoms. The summed E-state index contributed by atoms with van der Waals surface area (Å²) >= 11 is 0. The lowest BCUT2D eigenvalue weighted by atomic mass is 9.88. The van der Waals surface area contributed by atoms with E-state index in [-0.39, 0.29) is 11.4 Å². The van der Waals surface area contributed by atoms with Crippen molar-refractivity contribution in [2.24, 2.45) is 5.41 Å². The molecule has 0 saturated heterocycles. The van der Waals surface area contributed by atoms with Crippen molar-refractivity contribution in [2.45, 2.75) is 33.1 Å². The molecule has 2 aromatic carbocycles. The smallest absolute Gasteiger partial charge is 0.428 e. The second-order valence-corrected chi connectivity index (χ2v) is 9.28. The van der Waals surface area contributed by atoms with Gasteiger partial charge in [0.15, 0.2) is 0 Å². The number of non-ortho nitro benzene ring substituents is 1. The highest BCUT2D eigenvalue weighted by Gasteiger charge is 2.33. The summed E-state index contributed by atoms with van der Waals surface area (Å²) < 4.78 is 49.4. The van der Waals surface area contributed by atoms with Gasteiger partial charge in [0.05, 0.1) is 29.4 Å². The molecule has 0 unspecified atom stereocenters. The summed E-state index contributed by atoms with van der Waals surface area (Å²) in [6.07, 6.45) is -4.13. The highest BCUT2D eigenvalue weighted by Crippen LogP contribution is 2.32. The Hall–Kier alpha value is -3.76. The Labute approximate surface area is 200 Å². The van der Waals surface area contributed by atoms with Crippen molar-refractivity contribution in [3.63, 3.8) is 0 Å². The van der Waals surface area contributed by atoms with Crippen molar-refractivity contribution in [1.29, 1.82) is 0 Å². The molecule has 0 amide bonds. The van der Waals surface area contributed by atoms with E-state index in [4.69, 9.17) is 9.47 Å². The van der Waals surface area contributed by atoms with Gasteiger partial charge in [-0.25, -0.2) is 4.79 Å². The van der Waals surface area contributed by atoms with E-state index in [0.29, 0.717) is 18.8 Å². The molecule has 0 saturated carbocycles. The summed E-state index contributed by atoms with van der Waals surface area (Å²) in [6, 6.07) is 9.99. The van der Waals surface area contributed by atoms with Crippen molar-refractivity contribution >= 4 is 17.5 Å². The van der Waals surface area contributed by atoms with Crippen LogP contribution in [-0.2, 0) is 10.9 Å². The number of halogens is 3. The van der Waals surface area contributed by atoms with Crippen molar-refractivity contribution in [3.05, 3.63) is 76.0 Å². The molecule has 0 aliphatic carbocycles. The van der Waals surface area contributed by atoms with Gasteiger partial charge in [-0.3, -0.25) is 10.1 Å². The minimum Gasteiger partial charge on any atom is -0.428 e. The number of carbonyl (C=O) groups excluding carboxylic acids is 1. The van der Waals surface area contributed by atoms with Crippen LogP contribution in [0.3, 0.4) is 0 Å². The first kappa shape index (κ1) is 25.9. The quantitative estimate of drug-likeness (QED) is 0.219. The number of nitro benzene ring substituents is 1. The van der Waals surface area contributed by atoms with Gasteiger partial charge in [-0.05, 0) is 29.8 Å². The predicted octanol–water partition coefficient (Wildman–Crippen LogP) is 5.75. The van der Waals surface area contributed by atoms with Gasteiger partial charge in [-0.1, -0.05) is 32.9 Å². The zero-order valence-corrected chi connectivity index (χ0v) is 19.7. The molecule has 0 fully saturated rings. The van der Waals surface area contributed by atoms with E-state index in [2.05, 4.69) is 0 Å². The highest BCUT2D eigenvalue weighted by molar-refractivity contribution is 5.66. The number of carbonyl (C=O) groups is 1. The zero-order chi connectivity index (χ0) is 26.0. The van der Waals surface area contributed by atoms with E-state index in [9.17, 15) is 28.1 Å². The van der Waals surface area contributed by atoms with Gasteiger partial charge in [-0.15, -0.1) is 0 Å². The summed E-state index contributed by atoms with van der Waals surface area (Å²) in [6.45, 7) is 6.46. The van der Waals surface area contributed by atoms with Crippen molar-refractivity contribution < 1.29 is 32.4 Å². The molecule has 0 aromatic heterocycles. The predicted molar refractivity (Wildman–Crippen MR) is 122 cm³/mol. The molecule has 0 radical (unpaired) electrons. The Balaban J connectivity index is 1.68. The van der Waals surface area contributed by atoms with E-state index in [1.54, 1.807) is 0 Å². The number of hydrogen-bond acceptors (Lipinski definition) is 7. The van der Waals surface area contributed by atoms with Gasteiger partial charge in [-0.2, -0.15) is 13.2 Å². The second kappa shape index (κ2) is 9.85. The standard InChI is InChI=1S/C24H26F3N3O5/c1-23(2,3)21(35-22(31)34-19-11-9-18(10-12-19)30(32)33)14-29-13-20(28(4)15-29)16-5-7-17(8-6-16)24(25,26)27/h5-13,21H,14-15H2,1-4H3/t21-/m1/s1. The summed E-state index contributed by atoms with van der Waals surface area (Å²) in [7, 11) is 1.82. The molecule has 1 aliphatic heterocycles. The van der Waals surface area contributed by atoms with Gasteiger partial charge in [0, 0.05) is 30.8 Å². The SMILES string of the molecule is CN1CN(C[C@@H](OC(=O)Oc2ccc([N+](=O)[O-])cc2)C(C)(C)C)C=C1c1ccc(C(F)(F)F)cc1. The van der Waals surface area contributed by atoms with Gasteiger partial charge in [0.25, 0.3) is 5.69 Å². The van der Waals surface area contributed by atoms with Crippen LogP contribution < -0.4 is 4.74 Å². The number of ether oxygens (including phenoxy) is 2. The minimum absolute atomic E-state index is 0.110. The third kappa shape index (κ3) is 6.65. The van der Waals surface area contributed by atoms with Gasteiger partial charge in [0.2, 0.25) is 0 Å². The van der Waals surface area contributed by atoms with Crippen LogP contribution in [0.4, 0.5) is 23.7 Å². The molecule has 3 rings (SSSR count). The second-order valence-electron chi connectivity index (χ2n) is 9.28. The Kier molecular flexibility index (Phi) is 7.27. The molecule has 0 spiro atoms. The normalized spacial score (nSPS) is 15.0. The van der Waals surface area contributed by atoms with E-state index in [1.807, 2.05) is 43.8 Å². The van der Waals surface area contributed by atoms with Crippen LogP contribution in [0.25, 0.3) is 5.70 Å². The van der Waals surface area contributed by atoms with Gasteiger partial charge >= 0.3 is 12.3 Å². The number of benzene rings is 2. The molecule has 35 heavy (non-hydrogen) atoms. The van der Waals surface area contributed by atoms with Crippen LogP contribution in [0.2, 0.25) is 0 Å². The Morgan fingerprint density at radius 2 is 1.69 bits per heavy atom. The monoisotopic (exact) mass is 493 g/mol. The first-order chi connectivity index (χ1) is 16.2. The van der Waals surface area contributed by atoms with Crippen LogP contribution in [0.5, 0.6) is 5.75 Å². The molecule has 1 atom stereocenters. The molecule has 8 nitrogen and oxygen atoms in total. The Morgan fingerprint density at radius 1 is 1.09 bits per heavy atom. The third-order valence-electron chi connectivity index (χ3n) is 5.47. The average Bonchev–Trinajstić information content (AvgIpc) is 3.12. The lowest BCUT2D eigenvalue weighted by Crippen LogP contribution is -2.41. The molecule has 0 N–H and O–H groups in total. The Bertz CT molecular complexity index is 1090. The van der Waals surface area contributed by atoms with Crippen LogP contribution >= 0.6 is 0 Å². The maximum atomic E-state index is 12.9. The summed E-state index contributed by atoms with van der Waals surface area (Å²) in [4.78, 5) is 26.4. The zero-order valence-electron chi connectivity index (χ0n) is 19.7. The summed E-state index contributed by atoms with van der Waals surface area (Å²) in [5.41, 5.74) is 0.0608. The van der Waals surface area contributed by atoms with Crippen molar-refractivity contribution in [1.82, 2.24) is 9.80 Å². The van der Waals surface area contributed by atoms with E-state index < -0.39 is 34.3 Å². The molecular weight excluding hydrogens is 467 g/mol. The molecule has 2 aromatic rings. The molecular formula is C24H26F3N3O5. The first-order valence-corrected chi connectivity index (χ1v) is 10.7. The fraction of sp³-hybridized carbons (Fsp3) is 0.375. The van der Waals surface area contributed by atoms with Crippen LogP contribution in [0, 0.1) is 15.5 Å². The van der Waals surface area contributed by atoms with Crippen LogP contribution in [-0.4, -0.2) is 47.2 Å². The van der Waals surface area contributed by atoms with Crippen LogP contribution in [0.1, 0.15) is 31.9 Å². The lowest BCUT2D eigenvalue weighted by Gasteiger charge is -2.33. The highest BCUT2D eigenvalue weighted by atomic mass is 19.4. The van der Waals surface area contributed by atoms with E-state index in [0.717, 1.165) is 17.8 Å². The number of nitro groups is 1. The number of alkyl halides is 3. The third-order valence-corrected chi connectivity index (χ3v) is 5.47. The fourth-order valence-electron chi connectivity index (χ4n) is 3.47. The molecule has 1 aliphatic rings. The summed E-state index contributed by atoms with van der Waals surface area (Å²) in [5.74, 6) is 0.110. The average molecular weight is 493 g/mol. The van der Waals surface area contributed by atoms with Crippen molar-refractivity contribution in [2.75, 3.05) is 20.3 Å². The fourth-order valence-corrected chi connectivity index (χ4v) is 3.47. The van der Waals surface area contributed by atoms with E-state index in [1.165, 1.54) is 36.4 Å². The van der Waals surface area contributed by atoms with Gasteiger partial charge < -0.3 is 19.3 Å². The maximum absolute atomic E-state index is 12.9. The summed E-state index contributed by atoms with van der Waals surface area (Å²) in [5, 5.41) is 10.8. The molecule has 0 bridgehead atoms. The van der Waals surface area contributed by atoms with E-state index >= 15 is 0 Å². The lowest BCUT2D eigenvalue weighted by molar-refractivity contribution is -0.384. The van der Waals surface area contributed by atoms with Crippen LogP contribution in [0.15, 0.2) is 54.7 Å². The van der Waals surface area contributed by atoms with Crippen molar-refractivity contribution in [3.8, 4) is 5.75 Å². The molecule has 188 valence electrons. The first-order valence-electron chi connectivity index (χ1n) is 10.7. The Morgan fingerprint density at radius 3 is 2.20 bits per heavy atom.